The van der Waals surface area contributed by atoms with Crippen molar-refractivity contribution in [3.63, 3.8) is 0 Å². The minimum absolute atomic E-state index is 0.149. The SMILES string of the molecule is [2H]c1c(C([2H])([2H])[2H])c([2H])n2c(C([2H])([2H])C(=O)N(C([2H])([2H])[2H])C([2H])([2H])[2H])c(-c3ccc(C)cc3)nc2c1[2H]. The van der Waals surface area contributed by atoms with Crippen LogP contribution in [0.4, 0.5) is 0 Å². The molecule has 0 atom stereocenters. The van der Waals surface area contributed by atoms with Crippen molar-refractivity contribution in [1.29, 1.82) is 0 Å². The van der Waals surface area contributed by atoms with Crippen LogP contribution in [-0.4, -0.2) is 34.1 Å². The van der Waals surface area contributed by atoms with Crippen molar-refractivity contribution in [2.45, 2.75) is 20.1 Å². The van der Waals surface area contributed by atoms with Crippen molar-refractivity contribution in [1.82, 2.24) is 14.3 Å². The number of rotatable bonds is 3. The number of aromatic nitrogens is 2. The summed E-state index contributed by atoms with van der Waals surface area (Å²) < 4.78 is 111. The molecule has 4 heteroatoms. The maximum atomic E-state index is 13.3. The summed E-state index contributed by atoms with van der Waals surface area (Å²) in [6.45, 7) is -8.53. The Morgan fingerprint density at radius 1 is 1.30 bits per heavy atom. The summed E-state index contributed by atoms with van der Waals surface area (Å²) in [5, 5.41) is 0. The molecule has 2 aromatic heterocycles. The van der Waals surface area contributed by atoms with Crippen molar-refractivity contribution < 1.29 is 24.0 Å². The second-order valence-electron chi connectivity index (χ2n) is 4.84. The van der Waals surface area contributed by atoms with Gasteiger partial charge in [-0.05, 0) is 25.4 Å². The fourth-order valence-electron chi connectivity index (χ4n) is 2.06. The Hall–Kier alpha value is -2.62. The van der Waals surface area contributed by atoms with Gasteiger partial charge in [0.15, 0.2) is 0 Å². The average Bonchev–Trinajstić information content (AvgIpc) is 3.11. The highest BCUT2D eigenvalue weighted by Gasteiger charge is 2.18. The number of likely N-dealkylation sites (N-methyl/N-ethyl adjacent to an activating group) is 1. The van der Waals surface area contributed by atoms with Gasteiger partial charge in [0, 0.05) is 40.8 Å². The van der Waals surface area contributed by atoms with E-state index in [-0.39, 0.29) is 11.3 Å². The van der Waals surface area contributed by atoms with E-state index in [9.17, 15) is 4.79 Å². The van der Waals surface area contributed by atoms with Crippen LogP contribution < -0.4 is 0 Å². The van der Waals surface area contributed by atoms with E-state index in [0.717, 1.165) is 5.56 Å². The summed E-state index contributed by atoms with van der Waals surface area (Å²) in [5.74, 6) is -2.01. The molecule has 3 aromatic rings. The molecular weight excluding hydrogens is 286 g/mol. The third-order valence-electron chi connectivity index (χ3n) is 3.15. The second kappa shape index (κ2) is 5.88. The number of imidazole rings is 1. The molecule has 0 aliphatic carbocycles. The molecule has 0 bridgehead atoms. The predicted octanol–water partition coefficient (Wildman–Crippen LogP) is 3.25. The van der Waals surface area contributed by atoms with Gasteiger partial charge < -0.3 is 9.30 Å². The molecule has 23 heavy (non-hydrogen) atoms. The fourth-order valence-corrected chi connectivity index (χ4v) is 2.06. The number of amides is 1. The number of carbonyl (C=O) groups excluding carboxylic acids is 1. The zero-order valence-electron chi connectivity index (χ0n) is 26.1. The molecule has 0 saturated heterocycles. The van der Waals surface area contributed by atoms with Crippen LogP contribution in [0, 0.1) is 13.8 Å². The first-order valence-corrected chi connectivity index (χ1v) is 6.56. The molecule has 118 valence electrons. The Morgan fingerprint density at radius 3 is 2.78 bits per heavy atom. The molecule has 0 N–H and O–H groups in total. The minimum atomic E-state index is -3.59. The fraction of sp³-hybridized carbons (Fsp3) is 0.263. The van der Waals surface area contributed by atoms with Gasteiger partial charge in [-0.15, -0.1) is 0 Å². The van der Waals surface area contributed by atoms with Gasteiger partial charge in [-0.1, -0.05) is 35.9 Å². The minimum Gasteiger partial charge on any atom is -0.348 e. The van der Waals surface area contributed by atoms with Crippen molar-refractivity contribution in [2.24, 2.45) is 0 Å². The van der Waals surface area contributed by atoms with E-state index in [4.69, 9.17) is 19.2 Å². The molecule has 4 nitrogen and oxygen atoms in total. The van der Waals surface area contributed by atoms with Crippen LogP contribution in [0.5, 0.6) is 0 Å². The van der Waals surface area contributed by atoms with Crippen LogP contribution in [-0.2, 0) is 11.2 Å². The lowest BCUT2D eigenvalue weighted by Crippen LogP contribution is -2.24. The van der Waals surface area contributed by atoms with Crippen molar-refractivity contribution >= 4 is 11.6 Å². The van der Waals surface area contributed by atoms with Gasteiger partial charge in [-0.2, -0.15) is 0 Å². The number of nitrogens with zero attached hydrogens (tertiary/aromatic N) is 3. The first kappa shape index (κ1) is 5.78. The highest BCUT2D eigenvalue weighted by Crippen LogP contribution is 2.26. The van der Waals surface area contributed by atoms with Gasteiger partial charge in [0.1, 0.15) is 5.65 Å². The molecule has 0 spiro atoms. The van der Waals surface area contributed by atoms with E-state index in [1.54, 1.807) is 19.1 Å². The van der Waals surface area contributed by atoms with Crippen LogP contribution >= 0.6 is 0 Å². The molecule has 0 saturated carbocycles. The lowest BCUT2D eigenvalue weighted by Gasteiger charge is -2.11. The van der Waals surface area contributed by atoms with Crippen molar-refractivity contribution in [3.8, 4) is 11.3 Å². The number of pyridine rings is 1. The first-order chi connectivity index (χ1) is 16.6. The largest absolute Gasteiger partial charge is 0.348 e. The van der Waals surface area contributed by atoms with Gasteiger partial charge in [0.05, 0.1) is 21.9 Å². The number of benzene rings is 1. The Kier molecular flexibility index (Phi) is 1.48. The molecule has 0 aliphatic rings. The standard InChI is InChI=1S/C19H21N3O/c1-13-5-8-15(9-6-13)19-16(11-18(23)21(3)4)22-12-14(2)7-10-17(22)20-19/h5-10,12H,11H2,1-4H3/i2D3,3D3,4D3,7D,10D,11D2,12D. The number of hydrogen-bond acceptors (Lipinski definition) is 2. The average molecular weight is 321 g/mol. The Bertz CT molecular complexity index is 1350. The van der Waals surface area contributed by atoms with E-state index in [0.29, 0.717) is 4.40 Å². The summed E-state index contributed by atoms with van der Waals surface area (Å²) in [6.07, 6.45) is -4.48. The number of aryl methyl sites for hydroxylation is 1. The summed E-state index contributed by atoms with van der Waals surface area (Å²) in [7, 11) is 0. The topological polar surface area (TPSA) is 37.6 Å². The van der Waals surface area contributed by atoms with Gasteiger partial charge in [-0.3, -0.25) is 4.79 Å². The van der Waals surface area contributed by atoms with Crippen molar-refractivity contribution in [3.05, 3.63) is 59.3 Å². The van der Waals surface area contributed by atoms with Crippen LogP contribution in [0.2, 0.25) is 0 Å². The quantitative estimate of drug-likeness (QED) is 0.742. The Balaban J connectivity index is 2.53. The highest BCUT2D eigenvalue weighted by atomic mass is 16.2. The third-order valence-corrected chi connectivity index (χ3v) is 3.15. The van der Waals surface area contributed by atoms with Crippen LogP contribution in [0.25, 0.3) is 16.9 Å². The number of carbonyl (C=O) groups is 1. The van der Waals surface area contributed by atoms with Gasteiger partial charge in [-0.25, -0.2) is 4.98 Å². The van der Waals surface area contributed by atoms with Crippen molar-refractivity contribution in [2.75, 3.05) is 14.0 Å². The molecule has 0 unspecified atom stereocenters. The van der Waals surface area contributed by atoms with E-state index >= 15 is 0 Å². The first-order valence-electron chi connectivity index (χ1n) is 13.6. The zero-order valence-corrected chi connectivity index (χ0v) is 12.1. The van der Waals surface area contributed by atoms with E-state index in [2.05, 4.69) is 4.98 Å². The maximum Gasteiger partial charge on any atom is 0.228 e. The lowest BCUT2D eigenvalue weighted by molar-refractivity contribution is -0.128. The maximum absolute atomic E-state index is 13.3. The number of fused-ring (bicyclic) bond motifs is 1. The zero-order chi connectivity index (χ0) is 28.5. The van der Waals surface area contributed by atoms with Gasteiger partial charge >= 0.3 is 0 Å². The highest BCUT2D eigenvalue weighted by molar-refractivity contribution is 5.81. The van der Waals surface area contributed by atoms with E-state index in [1.807, 2.05) is 0 Å². The molecule has 0 aliphatic heterocycles. The summed E-state index contributed by atoms with van der Waals surface area (Å²) >= 11 is 0. The van der Waals surface area contributed by atoms with E-state index < -0.39 is 73.1 Å². The molecule has 0 radical (unpaired) electrons. The van der Waals surface area contributed by atoms with Crippen LogP contribution in [0.1, 0.15) is 36.0 Å². The smallest absolute Gasteiger partial charge is 0.228 e. The number of hydrogen-bond donors (Lipinski definition) is 0. The van der Waals surface area contributed by atoms with Gasteiger partial charge in [0.25, 0.3) is 0 Å². The van der Waals surface area contributed by atoms with Gasteiger partial charge in [0.2, 0.25) is 5.91 Å². The Labute approximate surface area is 156 Å². The Morgan fingerprint density at radius 2 is 2.09 bits per heavy atom. The molecule has 3 rings (SSSR count). The van der Waals surface area contributed by atoms with E-state index in [1.165, 1.54) is 12.1 Å². The normalized spacial score (nSPS) is 22.1. The second-order valence-corrected chi connectivity index (χ2v) is 4.84. The molecule has 1 amide bonds. The van der Waals surface area contributed by atoms with Crippen LogP contribution in [0.3, 0.4) is 0 Å². The molecular formula is C19H21N3O. The molecule has 2 heterocycles. The molecule has 0 fully saturated rings. The monoisotopic (exact) mass is 321 g/mol. The summed E-state index contributed by atoms with van der Waals surface area (Å²) in [4.78, 5) is 16.9. The lowest BCUT2D eigenvalue weighted by atomic mass is 10.1. The van der Waals surface area contributed by atoms with Crippen LogP contribution in [0.15, 0.2) is 42.5 Å². The molecule has 1 aromatic carbocycles. The summed E-state index contributed by atoms with van der Waals surface area (Å²) in [6, 6.07) is 4.49. The predicted molar refractivity (Wildman–Crippen MR) is 92.5 cm³/mol. The third kappa shape index (κ3) is 2.97. The summed E-state index contributed by atoms with van der Waals surface area (Å²) in [5.41, 5.74) is -1.75.